The molecule has 0 radical (unpaired) electrons. The number of aryl methyl sites for hydroxylation is 3. The van der Waals surface area contributed by atoms with E-state index in [4.69, 9.17) is 0 Å². The Bertz CT molecular complexity index is 795. The van der Waals surface area contributed by atoms with Gasteiger partial charge >= 0.3 is 0 Å². The maximum absolute atomic E-state index is 9.73. The van der Waals surface area contributed by atoms with Gasteiger partial charge in [-0.05, 0) is 26.3 Å². The van der Waals surface area contributed by atoms with E-state index in [-0.39, 0.29) is 12.6 Å². The van der Waals surface area contributed by atoms with E-state index < -0.39 is 0 Å². The van der Waals surface area contributed by atoms with Crippen LogP contribution in [0, 0.1) is 20.8 Å². The van der Waals surface area contributed by atoms with Gasteiger partial charge in [0.1, 0.15) is 5.82 Å². The van der Waals surface area contributed by atoms with Crippen LogP contribution in [0.15, 0.2) is 36.4 Å². The maximum atomic E-state index is 9.73. The summed E-state index contributed by atoms with van der Waals surface area (Å²) in [6.07, 6.45) is 0. The maximum Gasteiger partial charge on any atom is 0.160 e. The minimum atomic E-state index is -0.184. The van der Waals surface area contributed by atoms with Crippen molar-refractivity contribution in [2.45, 2.75) is 26.8 Å². The summed E-state index contributed by atoms with van der Waals surface area (Å²) >= 11 is 0. The Hall–Kier alpha value is -2.40. The molecule has 0 bridgehead atoms. The average Bonchev–Trinajstić information content (AvgIpc) is 2.81. The second kappa shape index (κ2) is 5.77. The molecule has 5 heteroatoms. The molecule has 1 aromatic carbocycles. The molecule has 0 fully saturated rings. The predicted octanol–water partition coefficient (Wildman–Crippen LogP) is 2.80. The number of aromatic nitrogens is 3. The van der Waals surface area contributed by atoms with Crippen LogP contribution < -0.4 is 5.32 Å². The Balaban J connectivity index is 2.04. The molecule has 2 N–H and O–H groups in total. The third-order valence-electron chi connectivity index (χ3n) is 3.89. The number of benzene rings is 1. The van der Waals surface area contributed by atoms with Crippen LogP contribution in [0.25, 0.3) is 5.65 Å². The molecule has 0 aliphatic rings. The molecule has 0 aliphatic heterocycles. The highest BCUT2D eigenvalue weighted by Crippen LogP contribution is 2.22. The third kappa shape index (κ3) is 2.55. The summed E-state index contributed by atoms with van der Waals surface area (Å²) in [6.45, 7) is 5.97. The first-order valence-corrected chi connectivity index (χ1v) is 7.36. The minimum Gasteiger partial charge on any atom is -0.394 e. The highest BCUT2D eigenvalue weighted by Gasteiger charge is 2.15. The van der Waals surface area contributed by atoms with E-state index in [0.717, 1.165) is 34.0 Å². The predicted molar refractivity (Wildman–Crippen MR) is 87.1 cm³/mol. The van der Waals surface area contributed by atoms with Crippen molar-refractivity contribution >= 4 is 11.5 Å². The highest BCUT2D eigenvalue weighted by atomic mass is 16.3. The first-order chi connectivity index (χ1) is 10.6. The van der Waals surface area contributed by atoms with Crippen LogP contribution in [0.1, 0.15) is 28.6 Å². The Kier molecular flexibility index (Phi) is 3.81. The molecule has 2 aromatic heterocycles. The zero-order chi connectivity index (χ0) is 15.7. The summed E-state index contributed by atoms with van der Waals surface area (Å²) in [7, 11) is 0. The second-order valence-electron chi connectivity index (χ2n) is 5.52. The van der Waals surface area contributed by atoms with Crippen molar-refractivity contribution in [3.8, 4) is 0 Å². The molecule has 3 aromatic rings. The van der Waals surface area contributed by atoms with Crippen molar-refractivity contribution in [1.29, 1.82) is 0 Å². The van der Waals surface area contributed by atoms with Gasteiger partial charge in [0.2, 0.25) is 0 Å². The third-order valence-corrected chi connectivity index (χ3v) is 3.89. The van der Waals surface area contributed by atoms with Crippen LogP contribution in [0.4, 0.5) is 5.82 Å². The molecule has 0 aliphatic carbocycles. The summed E-state index contributed by atoms with van der Waals surface area (Å²) in [6, 6.07) is 11.7. The van der Waals surface area contributed by atoms with Crippen molar-refractivity contribution < 1.29 is 5.11 Å². The van der Waals surface area contributed by atoms with Crippen molar-refractivity contribution in [2.24, 2.45) is 0 Å². The highest BCUT2D eigenvalue weighted by molar-refractivity contribution is 5.56. The number of hydrogen-bond acceptors (Lipinski definition) is 4. The lowest BCUT2D eigenvalue weighted by Gasteiger charge is -2.19. The number of rotatable bonds is 4. The standard InChI is InChI=1S/C17H20N4O/c1-11-9-16(21-17(18-11)12(2)13(3)20-21)19-15(10-22)14-7-5-4-6-8-14/h4-9,15,19,22H,10H2,1-3H3/t15-/m0/s1. The quantitative estimate of drug-likeness (QED) is 0.777. The van der Waals surface area contributed by atoms with E-state index in [1.54, 1.807) is 0 Å². The molecule has 0 unspecified atom stereocenters. The summed E-state index contributed by atoms with van der Waals surface area (Å²) in [5, 5.41) is 17.7. The molecule has 2 heterocycles. The Morgan fingerprint density at radius 1 is 1.18 bits per heavy atom. The van der Waals surface area contributed by atoms with Crippen LogP contribution in [-0.4, -0.2) is 26.3 Å². The fourth-order valence-corrected chi connectivity index (χ4v) is 2.55. The second-order valence-corrected chi connectivity index (χ2v) is 5.52. The van der Waals surface area contributed by atoms with Crippen molar-refractivity contribution in [3.05, 3.63) is 58.9 Å². The Labute approximate surface area is 129 Å². The molecule has 0 saturated heterocycles. The van der Waals surface area contributed by atoms with Crippen molar-refractivity contribution in [3.63, 3.8) is 0 Å². The molecular weight excluding hydrogens is 276 g/mol. The lowest BCUT2D eigenvalue weighted by atomic mass is 10.1. The van der Waals surface area contributed by atoms with Gasteiger partial charge in [-0.15, -0.1) is 0 Å². The van der Waals surface area contributed by atoms with Crippen molar-refractivity contribution in [2.75, 3.05) is 11.9 Å². The fraction of sp³-hybridized carbons (Fsp3) is 0.294. The van der Waals surface area contributed by atoms with E-state index >= 15 is 0 Å². The van der Waals surface area contributed by atoms with Gasteiger partial charge < -0.3 is 10.4 Å². The molecule has 114 valence electrons. The molecule has 3 rings (SSSR count). The van der Waals surface area contributed by atoms with Gasteiger partial charge in [-0.1, -0.05) is 30.3 Å². The Morgan fingerprint density at radius 2 is 1.91 bits per heavy atom. The monoisotopic (exact) mass is 296 g/mol. The zero-order valence-corrected chi connectivity index (χ0v) is 13.0. The molecule has 1 atom stereocenters. The van der Waals surface area contributed by atoms with E-state index in [0.29, 0.717) is 0 Å². The van der Waals surface area contributed by atoms with Crippen LogP contribution in [0.2, 0.25) is 0 Å². The van der Waals surface area contributed by atoms with Crippen LogP contribution in [0.3, 0.4) is 0 Å². The Morgan fingerprint density at radius 3 is 2.59 bits per heavy atom. The number of hydrogen-bond donors (Lipinski definition) is 2. The zero-order valence-electron chi connectivity index (χ0n) is 13.0. The van der Waals surface area contributed by atoms with Gasteiger partial charge in [-0.25, -0.2) is 4.98 Å². The molecule has 5 nitrogen and oxygen atoms in total. The summed E-state index contributed by atoms with van der Waals surface area (Å²) in [5.41, 5.74) is 4.84. The van der Waals surface area contributed by atoms with Gasteiger partial charge in [0.05, 0.1) is 18.3 Å². The summed E-state index contributed by atoms with van der Waals surface area (Å²) < 4.78 is 1.81. The smallest absolute Gasteiger partial charge is 0.160 e. The molecule has 0 saturated carbocycles. The topological polar surface area (TPSA) is 62.5 Å². The van der Waals surface area contributed by atoms with Gasteiger partial charge in [0.15, 0.2) is 5.65 Å². The van der Waals surface area contributed by atoms with Gasteiger partial charge in [0, 0.05) is 17.3 Å². The number of nitrogens with one attached hydrogen (secondary N) is 1. The lowest BCUT2D eigenvalue weighted by molar-refractivity contribution is 0.276. The van der Waals surface area contributed by atoms with Crippen LogP contribution in [0.5, 0.6) is 0 Å². The van der Waals surface area contributed by atoms with Gasteiger partial charge in [-0.2, -0.15) is 9.61 Å². The number of aliphatic hydroxyl groups excluding tert-OH is 1. The van der Waals surface area contributed by atoms with E-state index in [1.807, 2.05) is 61.7 Å². The van der Waals surface area contributed by atoms with Gasteiger partial charge in [0.25, 0.3) is 0 Å². The van der Waals surface area contributed by atoms with E-state index in [9.17, 15) is 5.11 Å². The first kappa shape index (κ1) is 14.5. The average molecular weight is 296 g/mol. The SMILES string of the molecule is Cc1cc(N[C@@H](CO)c2ccccc2)n2nc(C)c(C)c2n1. The van der Waals surface area contributed by atoms with Crippen LogP contribution >= 0.6 is 0 Å². The number of nitrogens with zero attached hydrogens (tertiary/aromatic N) is 3. The van der Waals surface area contributed by atoms with E-state index in [1.165, 1.54) is 0 Å². The molecule has 22 heavy (non-hydrogen) atoms. The lowest BCUT2D eigenvalue weighted by Crippen LogP contribution is -2.17. The summed E-state index contributed by atoms with van der Waals surface area (Å²) in [5.74, 6) is 0.835. The van der Waals surface area contributed by atoms with Crippen LogP contribution in [-0.2, 0) is 0 Å². The first-order valence-electron chi connectivity index (χ1n) is 7.36. The van der Waals surface area contributed by atoms with Gasteiger partial charge in [-0.3, -0.25) is 0 Å². The number of anilines is 1. The number of aliphatic hydroxyl groups is 1. The molecule has 0 spiro atoms. The fourth-order valence-electron chi connectivity index (χ4n) is 2.55. The minimum absolute atomic E-state index is 0.00606. The number of fused-ring (bicyclic) bond motifs is 1. The molecular formula is C17H20N4O. The summed E-state index contributed by atoms with van der Waals surface area (Å²) in [4.78, 5) is 4.56. The largest absolute Gasteiger partial charge is 0.394 e. The normalized spacial score (nSPS) is 12.5. The van der Waals surface area contributed by atoms with E-state index in [2.05, 4.69) is 15.4 Å². The van der Waals surface area contributed by atoms with Crippen molar-refractivity contribution in [1.82, 2.24) is 14.6 Å². The molecule has 0 amide bonds.